The molecule has 2 aromatic heterocycles. The SMILES string of the molecule is C(=C(c1ccccc1)c1ccccc1)c1ccc2c(c1)C(c1ccccn1)(c1ccccn1)c1cc(N(c3ccccc3)c3ccccc3)ccc1-2. The molecule has 1 aliphatic carbocycles. The van der Waals surface area contributed by atoms with E-state index in [1.165, 1.54) is 27.8 Å². The molecular formula is C49H35N3. The van der Waals surface area contributed by atoms with Crippen molar-refractivity contribution in [1.29, 1.82) is 0 Å². The molecule has 0 bridgehead atoms. The Hall–Kier alpha value is -6.84. The second-order valence-corrected chi connectivity index (χ2v) is 13.0. The molecule has 2 heterocycles. The molecule has 0 spiro atoms. The first kappa shape index (κ1) is 31.2. The van der Waals surface area contributed by atoms with Crippen LogP contribution in [0.4, 0.5) is 17.1 Å². The summed E-state index contributed by atoms with van der Waals surface area (Å²) < 4.78 is 0. The van der Waals surface area contributed by atoms with Gasteiger partial charge in [0, 0.05) is 29.5 Å². The zero-order chi connectivity index (χ0) is 34.7. The first-order valence-corrected chi connectivity index (χ1v) is 17.7. The van der Waals surface area contributed by atoms with Crippen LogP contribution in [0.2, 0.25) is 0 Å². The molecule has 3 nitrogen and oxygen atoms in total. The minimum atomic E-state index is -0.772. The van der Waals surface area contributed by atoms with Gasteiger partial charge in [-0.25, -0.2) is 0 Å². The highest BCUT2D eigenvalue weighted by atomic mass is 15.1. The van der Waals surface area contributed by atoms with Gasteiger partial charge in [0.1, 0.15) is 5.41 Å². The number of aromatic nitrogens is 2. The largest absolute Gasteiger partial charge is 0.310 e. The van der Waals surface area contributed by atoms with Crippen LogP contribution >= 0.6 is 0 Å². The lowest BCUT2D eigenvalue weighted by atomic mass is 9.71. The van der Waals surface area contributed by atoms with Crippen LogP contribution in [0.5, 0.6) is 0 Å². The maximum absolute atomic E-state index is 5.11. The van der Waals surface area contributed by atoms with Crippen LogP contribution in [0.15, 0.2) is 207 Å². The van der Waals surface area contributed by atoms with Crippen molar-refractivity contribution in [3.8, 4) is 11.1 Å². The molecule has 0 radical (unpaired) electrons. The molecule has 0 aliphatic heterocycles. The number of anilines is 3. The Kier molecular flexibility index (Phi) is 8.07. The molecule has 0 atom stereocenters. The average Bonchev–Trinajstić information content (AvgIpc) is 3.52. The van der Waals surface area contributed by atoms with E-state index in [4.69, 9.17) is 9.97 Å². The predicted octanol–water partition coefficient (Wildman–Crippen LogP) is 11.9. The van der Waals surface area contributed by atoms with Crippen molar-refractivity contribution < 1.29 is 0 Å². The minimum absolute atomic E-state index is 0.772. The van der Waals surface area contributed by atoms with Crippen molar-refractivity contribution in [2.75, 3.05) is 4.90 Å². The first-order valence-electron chi connectivity index (χ1n) is 17.7. The van der Waals surface area contributed by atoms with Crippen LogP contribution in [0, 0.1) is 0 Å². The van der Waals surface area contributed by atoms with Crippen molar-refractivity contribution in [3.63, 3.8) is 0 Å². The molecule has 0 N–H and O–H groups in total. The topological polar surface area (TPSA) is 29.0 Å². The maximum Gasteiger partial charge on any atom is 0.106 e. The highest BCUT2D eigenvalue weighted by Crippen LogP contribution is 2.56. The fourth-order valence-corrected chi connectivity index (χ4v) is 7.75. The quantitative estimate of drug-likeness (QED) is 0.151. The van der Waals surface area contributed by atoms with E-state index < -0.39 is 5.41 Å². The van der Waals surface area contributed by atoms with Gasteiger partial charge in [0.25, 0.3) is 0 Å². The minimum Gasteiger partial charge on any atom is -0.310 e. The summed E-state index contributed by atoms with van der Waals surface area (Å²) in [6.45, 7) is 0. The lowest BCUT2D eigenvalue weighted by molar-refractivity contribution is 0.705. The first-order chi connectivity index (χ1) is 25.8. The molecule has 9 rings (SSSR count). The van der Waals surface area contributed by atoms with Crippen LogP contribution in [0.1, 0.15) is 39.2 Å². The molecule has 0 unspecified atom stereocenters. The van der Waals surface area contributed by atoms with Crippen molar-refractivity contribution >= 4 is 28.7 Å². The van der Waals surface area contributed by atoms with E-state index in [0.717, 1.165) is 45.1 Å². The summed E-state index contributed by atoms with van der Waals surface area (Å²) in [7, 11) is 0. The van der Waals surface area contributed by atoms with Gasteiger partial charge in [0.15, 0.2) is 0 Å². The van der Waals surface area contributed by atoms with Crippen LogP contribution in [0.3, 0.4) is 0 Å². The standard InChI is InChI=1S/C49H35N3/c1-5-17-37(18-6-1)44(38-19-7-2-8-20-38)33-36-27-29-42-43-30-28-41(52(39-21-9-3-10-22-39)40-23-11-4-12-24-40)35-46(43)49(45(42)34-36,47-25-13-15-31-50-47)48-26-14-16-32-51-48/h1-35H. The molecule has 1 aliphatic rings. The Morgan fingerprint density at radius 3 is 1.38 bits per heavy atom. The number of para-hydroxylation sites is 2. The lowest BCUT2D eigenvalue weighted by Crippen LogP contribution is -2.31. The van der Waals surface area contributed by atoms with Gasteiger partial charge in [-0.05, 0) is 117 Å². The second-order valence-electron chi connectivity index (χ2n) is 13.0. The van der Waals surface area contributed by atoms with E-state index in [-0.39, 0.29) is 0 Å². The van der Waals surface area contributed by atoms with E-state index in [2.05, 4.69) is 193 Å². The smallest absolute Gasteiger partial charge is 0.106 e. The highest BCUT2D eigenvalue weighted by molar-refractivity contribution is 5.94. The fourth-order valence-electron chi connectivity index (χ4n) is 7.75. The fraction of sp³-hybridized carbons (Fsp3) is 0.0204. The van der Waals surface area contributed by atoms with Gasteiger partial charge in [0.05, 0.1) is 11.4 Å². The Morgan fingerprint density at radius 2 is 0.885 bits per heavy atom. The van der Waals surface area contributed by atoms with Gasteiger partial charge in [-0.3, -0.25) is 9.97 Å². The van der Waals surface area contributed by atoms with Gasteiger partial charge < -0.3 is 4.90 Å². The highest BCUT2D eigenvalue weighted by Gasteiger charge is 2.48. The molecule has 3 heteroatoms. The molecule has 0 saturated heterocycles. The average molecular weight is 666 g/mol. The molecule has 246 valence electrons. The Bertz CT molecular complexity index is 2360. The zero-order valence-electron chi connectivity index (χ0n) is 28.5. The third kappa shape index (κ3) is 5.40. The van der Waals surface area contributed by atoms with Crippen molar-refractivity contribution in [3.05, 3.63) is 246 Å². The molecule has 8 aromatic rings. The van der Waals surface area contributed by atoms with E-state index in [0.29, 0.717) is 0 Å². The van der Waals surface area contributed by atoms with E-state index in [1.54, 1.807) is 0 Å². The van der Waals surface area contributed by atoms with Crippen molar-refractivity contribution in [1.82, 2.24) is 9.97 Å². The monoisotopic (exact) mass is 665 g/mol. The summed E-state index contributed by atoms with van der Waals surface area (Å²) in [5.41, 5.74) is 13.6. The number of fused-ring (bicyclic) bond motifs is 3. The number of hydrogen-bond donors (Lipinski definition) is 0. The van der Waals surface area contributed by atoms with Gasteiger partial charge in [0.2, 0.25) is 0 Å². The Balaban J connectivity index is 1.31. The van der Waals surface area contributed by atoms with E-state index in [9.17, 15) is 0 Å². The summed E-state index contributed by atoms with van der Waals surface area (Å²) >= 11 is 0. The third-order valence-electron chi connectivity index (χ3n) is 10.0. The third-order valence-corrected chi connectivity index (χ3v) is 10.0. The number of nitrogens with zero attached hydrogens (tertiary/aromatic N) is 3. The second kappa shape index (κ2) is 13.5. The number of hydrogen-bond acceptors (Lipinski definition) is 3. The van der Waals surface area contributed by atoms with Gasteiger partial charge >= 0.3 is 0 Å². The van der Waals surface area contributed by atoms with Gasteiger partial charge in [-0.2, -0.15) is 0 Å². The van der Waals surface area contributed by atoms with Crippen LogP contribution in [0.25, 0.3) is 22.8 Å². The van der Waals surface area contributed by atoms with Crippen LogP contribution < -0.4 is 4.90 Å². The molecule has 0 saturated carbocycles. The van der Waals surface area contributed by atoms with Crippen molar-refractivity contribution in [2.45, 2.75) is 5.41 Å². The summed E-state index contributed by atoms with van der Waals surface area (Å²) in [4.78, 5) is 12.6. The van der Waals surface area contributed by atoms with E-state index in [1.807, 2.05) is 24.5 Å². The Labute approximate surface area is 304 Å². The normalized spacial score (nSPS) is 12.4. The summed E-state index contributed by atoms with van der Waals surface area (Å²) in [5.74, 6) is 0. The van der Waals surface area contributed by atoms with Crippen molar-refractivity contribution in [2.24, 2.45) is 0 Å². The summed E-state index contributed by atoms with van der Waals surface area (Å²) in [6, 6.07) is 68.6. The Morgan fingerprint density at radius 1 is 0.423 bits per heavy atom. The summed E-state index contributed by atoms with van der Waals surface area (Å²) in [5, 5.41) is 0. The van der Waals surface area contributed by atoms with Gasteiger partial charge in [-0.1, -0.05) is 127 Å². The number of pyridine rings is 2. The molecule has 0 fully saturated rings. The van der Waals surface area contributed by atoms with E-state index >= 15 is 0 Å². The number of rotatable bonds is 8. The predicted molar refractivity (Wildman–Crippen MR) is 214 cm³/mol. The van der Waals surface area contributed by atoms with Gasteiger partial charge in [-0.15, -0.1) is 0 Å². The van der Waals surface area contributed by atoms with Crippen LogP contribution in [-0.4, -0.2) is 9.97 Å². The summed E-state index contributed by atoms with van der Waals surface area (Å²) in [6.07, 6.45) is 6.11. The lowest BCUT2D eigenvalue weighted by Gasteiger charge is -2.33. The van der Waals surface area contributed by atoms with Crippen LogP contribution in [-0.2, 0) is 5.41 Å². The molecular weight excluding hydrogens is 631 g/mol. The zero-order valence-corrected chi connectivity index (χ0v) is 28.5. The molecule has 6 aromatic carbocycles. The number of benzene rings is 6. The molecule has 52 heavy (non-hydrogen) atoms. The maximum atomic E-state index is 5.11. The molecule has 0 amide bonds.